The molecule has 1 aromatic carbocycles. The number of nitrogens with one attached hydrogen (secondary N) is 1. The molecule has 2 heterocycles. The van der Waals surface area contributed by atoms with E-state index in [0.29, 0.717) is 25.2 Å². The third-order valence-electron chi connectivity index (χ3n) is 4.31. The second kappa shape index (κ2) is 5.47. The smallest absolute Gasteiger partial charge is 0.218 e. The summed E-state index contributed by atoms with van der Waals surface area (Å²) in [6.07, 6.45) is 3.22. The van der Waals surface area contributed by atoms with Gasteiger partial charge in [0.1, 0.15) is 0 Å². The molecule has 4 nitrogen and oxygen atoms in total. The Morgan fingerprint density at radius 2 is 2.05 bits per heavy atom. The summed E-state index contributed by atoms with van der Waals surface area (Å²) in [6.45, 7) is 3.28. The average molecular weight is 294 g/mol. The van der Waals surface area contributed by atoms with E-state index in [4.69, 9.17) is 0 Å². The summed E-state index contributed by atoms with van der Waals surface area (Å²) in [7, 11) is -3.21. The quantitative estimate of drug-likeness (QED) is 0.922. The molecule has 2 atom stereocenters. The molecule has 2 bridgehead atoms. The Kier molecular flexibility index (Phi) is 3.84. The molecule has 3 rings (SSSR count). The molecule has 1 N–H and O–H groups in total. The number of rotatable bonds is 3. The van der Waals surface area contributed by atoms with Gasteiger partial charge in [0.25, 0.3) is 0 Å². The van der Waals surface area contributed by atoms with Crippen LogP contribution in [0.1, 0.15) is 30.4 Å². The Labute approximate surface area is 121 Å². The fourth-order valence-electron chi connectivity index (χ4n) is 3.27. The molecule has 0 radical (unpaired) electrons. The van der Waals surface area contributed by atoms with E-state index in [1.54, 1.807) is 4.31 Å². The predicted molar refractivity (Wildman–Crippen MR) is 79.9 cm³/mol. The monoisotopic (exact) mass is 294 g/mol. The van der Waals surface area contributed by atoms with Crippen LogP contribution in [0.5, 0.6) is 0 Å². The fourth-order valence-corrected chi connectivity index (χ4v) is 4.84. The van der Waals surface area contributed by atoms with E-state index in [9.17, 15) is 8.42 Å². The predicted octanol–water partition coefficient (Wildman–Crippen LogP) is 1.65. The van der Waals surface area contributed by atoms with Crippen LogP contribution in [0.4, 0.5) is 0 Å². The van der Waals surface area contributed by atoms with Gasteiger partial charge in [-0.25, -0.2) is 12.7 Å². The Hall–Kier alpha value is -0.910. The van der Waals surface area contributed by atoms with Crippen LogP contribution in [-0.4, -0.2) is 37.9 Å². The van der Waals surface area contributed by atoms with Crippen molar-refractivity contribution in [3.05, 3.63) is 35.4 Å². The molecule has 0 saturated carbocycles. The van der Waals surface area contributed by atoms with Crippen LogP contribution in [0.25, 0.3) is 0 Å². The van der Waals surface area contributed by atoms with Crippen molar-refractivity contribution in [2.75, 3.05) is 13.1 Å². The highest BCUT2D eigenvalue weighted by Crippen LogP contribution is 2.23. The highest BCUT2D eigenvalue weighted by atomic mass is 32.2. The van der Waals surface area contributed by atoms with Crippen molar-refractivity contribution in [2.45, 2.75) is 44.0 Å². The van der Waals surface area contributed by atoms with E-state index >= 15 is 0 Å². The van der Waals surface area contributed by atoms with Gasteiger partial charge in [-0.05, 0) is 31.7 Å². The first-order valence-corrected chi connectivity index (χ1v) is 8.93. The van der Waals surface area contributed by atoms with E-state index in [0.717, 1.165) is 24.0 Å². The molecule has 2 unspecified atom stereocenters. The fraction of sp³-hybridized carbons (Fsp3) is 0.600. The number of sulfonamides is 1. The highest BCUT2D eigenvalue weighted by Gasteiger charge is 2.34. The summed E-state index contributed by atoms with van der Waals surface area (Å²) >= 11 is 0. The molecule has 2 saturated heterocycles. The molecule has 5 heteroatoms. The lowest BCUT2D eigenvalue weighted by Gasteiger charge is -2.23. The zero-order valence-corrected chi connectivity index (χ0v) is 12.7. The molecule has 0 amide bonds. The van der Waals surface area contributed by atoms with Crippen LogP contribution in [0, 0.1) is 6.92 Å². The van der Waals surface area contributed by atoms with Gasteiger partial charge in [0.05, 0.1) is 5.75 Å². The van der Waals surface area contributed by atoms with E-state index in [1.807, 2.05) is 31.2 Å². The Morgan fingerprint density at radius 3 is 2.85 bits per heavy atom. The SMILES string of the molecule is Cc1cccc(CS(=O)(=O)N2CCC3CCC(C2)N3)c1. The van der Waals surface area contributed by atoms with Crippen molar-refractivity contribution in [3.8, 4) is 0 Å². The van der Waals surface area contributed by atoms with Gasteiger partial charge in [-0.3, -0.25) is 0 Å². The molecular weight excluding hydrogens is 272 g/mol. The normalized spacial score (nSPS) is 27.4. The van der Waals surface area contributed by atoms with Gasteiger partial charge >= 0.3 is 0 Å². The van der Waals surface area contributed by atoms with Crippen LogP contribution in [0.15, 0.2) is 24.3 Å². The number of aryl methyl sites for hydroxylation is 1. The summed E-state index contributed by atoms with van der Waals surface area (Å²) in [5.74, 6) is 0.117. The van der Waals surface area contributed by atoms with Crippen LogP contribution >= 0.6 is 0 Å². The lowest BCUT2D eigenvalue weighted by molar-refractivity contribution is 0.383. The van der Waals surface area contributed by atoms with E-state index < -0.39 is 10.0 Å². The molecule has 0 aromatic heterocycles. The number of fused-ring (bicyclic) bond motifs is 2. The first-order chi connectivity index (χ1) is 9.53. The number of nitrogens with zero attached hydrogens (tertiary/aromatic N) is 1. The van der Waals surface area contributed by atoms with Crippen LogP contribution in [-0.2, 0) is 15.8 Å². The standard InChI is InChI=1S/C15H22N2O2S/c1-12-3-2-4-13(9-12)11-20(18,19)17-8-7-14-5-6-15(10-17)16-14/h2-4,9,14-16H,5-8,10-11H2,1H3. The minimum absolute atomic E-state index is 0.117. The second-order valence-electron chi connectivity index (χ2n) is 6.03. The van der Waals surface area contributed by atoms with Gasteiger partial charge < -0.3 is 5.32 Å². The van der Waals surface area contributed by atoms with Crippen molar-refractivity contribution in [2.24, 2.45) is 0 Å². The van der Waals surface area contributed by atoms with Crippen molar-refractivity contribution in [3.63, 3.8) is 0 Å². The third kappa shape index (κ3) is 3.05. The molecule has 2 aliphatic rings. The molecular formula is C15H22N2O2S. The van der Waals surface area contributed by atoms with Gasteiger partial charge in [-0.2, -0.15) is 0 Å². The lowest BCUT2D eigenvalue weighted by atomic mass is 10.1. The Balaban J connectivity index is 1.74. The highest BCUT2D eigenvalue weighted by molar-refractivity contribution is 7.88. The van der Waals surface area contributed by atoms with Crippen molar-refractivity contribution in [1.29, 1.82) is 0 Å². The minimum Gasteiger partial charge on any atom is -0.310 e. The van der Waals surface area contributed by atoms with Gasteiger partial charge in [-0.15, -0.1) is 0 Å². The Morgan fingerprint density at radius 1 is 1.25 bits per heavy atom. The Bertz CT molecular complexity index is 585. The zero-order valence-electron chi connectivity index (χ0n) is 11.9. The van der Waals surface area contributed by atoms with Gasteiger partial charge in [-0.1, -0.05) is 29.8 Å². The van der Waals surface area contributed by atoms with Crippen molar-refractivity contribution in [1.82, 2.24) is 9.62 Å². The summed E-state index contributed by atoms with van der Waals surface area (Å²) in [5.41, 5.74) is 1.99. The number of hydrogen-bond donors (Lipinski definition) is 1. The van der Waals surface area contributed by atoms with E-state index in [2.05, 4.69) is 5.32 Å². The minimum atomic E-state index is -3.21. The largest absolute Gasteiger partial charge is 0.310 e. The summed E-state index contributed by atoms with van der Waals surface area (Å²) < 4.78 is 26.9. The second-order valence-corrected chi connectivity index (χ2v) is 8.00. The molecule has 0 aliphatic carbocycles. The number of hydrogen-bond acceptors (Lipinski definition) is 3. The van der Waals surface area contributed by atoms with Crippen LogP contribution in [0.2, 0.25) is 0 Å². The number of benzene rings is 1. The van der Waals surface area contributed by atoms with Crippen LogP contribution in [0.3, 0.4) is 0 Å². The van der Waals surface area contributed by atoms with Crippen LogP contribution < -0.4 is 5.32 Å². The van der Waals surface area contributed by atoms with Gasteiger partial charge in [0, 0.05) is 25.2 Å². The van der Waals surface area contributed by atoms with Crippen molar-refractivity contribution < 1.29 is 8.42 Å². The third-order valence-corrected chi connectivity index (χ3v) is 6.13. The summed E-state index contributed by atoms with van der Waals surface area (Å²) in [4.78, 5) is 0. The van der Waals surface area contributed by atoms with E-state index in [-0.39, 0.29) is 5.75 Å². The average Bonchev–Trinajstić information content (AvgIpc) is 2.67. The summed E-state index contributed by atoms with van der Waals surface area (Å²) in [6, 6.07) is 8.62. The topological polar surface area (TPSA) is 49.4 Å². The molecule has 110 valence electrons. The first kappa shape index (κ1) is 14.0. The maximum Gasteiger partial charge on any atom is 0.218 e. The summed E-state index contributed by atoms with van der Waals surface area (Å²) in [5, 5.41) is 3.52. The molecule has 2 aliphatic heterocycles. The maximum absolute atomic E-state index is 12.6. The van der Waals surface area contributed by atoms with E-state index in [1.165, 1.54) is 6.42 Å². The maximum atomic E-state index is 12.6. The van der Waals surface area contributed by atoms with Gasteiger partial charge in [0.2, 0.25) is 10.0 Å². The van der Waals surface area contributed by atoms with Crippen molar-refractivity contribution >= 4 is 10.0 Å². The lowest BCUT2D eigenvalue weighted by Crippen LogP contribution is -2.39. The first-order valence-electron chi connectivity index (χ1n) is 7.32. The molecule has 2 fully saturated rings. The molecule has 20 heavy (non-hydrogen) atoms. The van der Waals surface area contributed by atoms with Gasteiger partial charge in [0.15, 0.2) is 0 Å². The molecule has 0 spiro atoms. The zero-order chi connectivity index (χ0) is 14.2. The molecule has 1 aromatic rings.